The highest BCUT2D eigenvalue weighted by atomic mass is 35.5. The minimum atomic E-state index is -0.393. The van der Waals surface area contributed by atoms with Gasteiger partial charge < -0.3 is 0 Å². The second-order valence-electron chi connectivity index (χ2n) is 6.47. The Balaban J connectivity index is 2.00. The van der Waals surface area contributed by atoms with Gasteiger partial charge in [-0.05, 0) is 63.5 Å². The van der Waals surface area contributed by atoms with Crippen molar-refractivity contribution < 1.29 is 0 Å². The van der Waals surface area contributed by atoms with Crippen molar-refractivity contribution in [2.24, 2.45) is 0 Å². The summed E-state index contributed by atoms with van der Waals surface area (Å²) < 4.78 is 0. The van der Waals surface area contributed by atoms with Crippen LogP contribution in [0.3, 0.4) is 0 Å². The zero-order valence-corrected chi connectivity index (χ0v) is 16.1. The molecule has 0 amide bonds. The molecule has 5 rings (SSSR count). The zero-order valence-electron chi connectivity index (χ0n) is 13.7. The summed E-state index contributed by atoms with van der Waals surface area (Å²) in [6.45, 7) is 0. The third-order valence-electron chi connectivity index (χ3n) is 5.16. The van der Waals surface area contributed by atoms with E-state index in [1.807, 2.05) is 12.1 Å². The highest BCUT2D eigenvalue weighted by molar-refractivity contribution is 7.10. The predicted octanol–water partition coefficient (Wildman–Crippen LogP) is 7.42. The number of halogens is 2. The van der Waals surface area contributed by atoms with E-state index in [9.17, 15) is 0 Å². The van der Waals surface area contributed by atoms with Crippen LogP contribution in [0.5, 0.6) is 0 Å². The Morgan fingerprint density at radius 2 is 1.27 bits per heavy atom. The van der Waals surface area contributed by atoms with E-state index < -0.39 is 5.41 Å². The molecule has 0 fully saturated rings. The topological polar surface area (TPSA) is 0 Å². The van der Waals surface area contributed by atoms with Gasteiger partial charge in [-0.1, -0.05) is 71.7 Å². The molecule has 4 aromatic rings. The molecule has 0 saturated carbocycles. The summed E-state index contributed by atoms with van der Waals surface area (Å²) in [7, 11) is 0. The Morgan fingerprint density at radius 1 is 0.654 bits per heavy atom. The first kappa shape index (κ1) is 16.1. The minimum absolute atomic E-state index is 0.393. The summed E-state index contributed by atoms with van der Waals surface area (Å²) >= 11 is 14.7. The van der Waals surface area contributed by atoms with E-state index in [0.29, 0.717) is 0 Å². The van der Waals surface area contributed by atoms with Gasteiger partial charge in [0.1, 0.15) is 0 Å². The molecular formula is C23H14Cl2S. The Bertz CT molecular complexity index is 1050. The number of fused-ring (bicyclic) bond motifs is 3. The molecule has 0 aliphatic heterocycles. The molecule has 1 aliphatic carbocycles. The molecule has 1 aromatic heterocycles. The zero-order chi connectivity index (χ0) is 17.7. The summed E-state index contributed by atoms with van der Waals surface area (Å²) in [5, 5.41) is 3.63. The average molecular weight is 393 g/mol. The number of rotatable bonds is 2. The molecule has 3 aromatic carbocycles. The molecule has 0 spiro atoms. The molecule has 1 heterocycles. The second kappa shape index (κ2) is 5.99. The summed E-state index contributed by atoms with van der Waals surface area (Å²) in [4.78, 5) is 1.27. The molecule has 0 nitrogen and oxygen atoms in total. The van der Waals surface area contributed by atoms with E-state index >= 15 is 0 Å². The standard InChI is InChI=1S/C23H14Cl2S/c24-16-8-10-18-19-11-9-17(25)14-21(19)23(20(18)13-16,22-7-4-12-26-22)15-5-2-1-3-6-15/h1-14H. The highest BCUT2D eigenvalue weighted by Crippen LogP contribution is 2.57. The second-order valence-corrected chi connectivity index (χ2v) is 8.29. The van der Waals surface area contributed by atoms with Crippen LogP contribution in [0.15, 0.2) is 84.2 Å². The molecule has 0 bridgehead atoms. The SMILES string of the molecule is Clc1ccc2c(c1)C(c1ccccc1)(c1cccs1)c1cc(Cl)ccc1-2. The van der Waals surface area contributed by atoms with Gasteiger partial charge in [-0.15, -0.1) is 11.3 Å². The van der Waals surface area contributed by atoms with Crippen molar-refractivity contribution in [3.63, 3.8) is 0 Å². The molecule has 126 valence electrons. The van der Waals surface area contributed by atoms with Crippen molar-refractivity contribution in [2.45, 2.75) is 5.41 Å². The summed E-state index contributed by atoms with van der Waals surface area (Å²) in [6, 6.07) is 27.4. The van der Waals surface area contributed by atoms with Crippen LogP contribution in [-0.4, -0.2) is 0 Å². The van der Waals surface area contributed by atoms with Crippen molar-refractivity contribution in [1.29, 1.82) is 0 Å². The molecule has 1 aliphatic rings. The fraction of sp³-hybridized carbons (Fsp3) is 0.0435. The van der Waals surface area contributed by atoms with E-state index in [1.54, 1.807) is 11.3 Å². The van der Waals surface area contributed by atoms with E-state index in [4.69, 9.17) is 23.2 Å². The van der Waals surface area contributed by atoms with Crippen molar-refractivity contribution in [2.75, 3.05) is 0 Å². The largest absolute Gasteiger partial charge is 0.147 e. The lowest BCUT2D eigenvalue weighted by molar-refractivity contribution is 0.787. The van der Waals surface area contributed by atoms with Crippen LogP contribution in [0.1, 0.15) is 21.6 Å². The average Bonchev–Trinajstić information content (AvgIpc) is 3.27. The summed E-state index contributed by atoms with van der Waals surface area (Å²) in [6.07, 6.45) is 0. The van der Waals surface area contributed by atoms with Crippen LogP contribution in [-0.2, 0) is 5.41 Å². The number of benzene rings is 3. The Morgan fingerprint density at radius 3 is 1.81 bits per heavy atom. The Labute approximate surface area is 166 Å². The maximum absolute atomic E-state index is 6.45. The lowest BCUT2D eigenvalue weighted by Crippen LogP contribution is -2.27. The number of hydrogen-bond acceptors (Lipinski definition) is 1. The summed E-state index contributed by atoms with van der Waals surface area (Å²) in [5.74, 6) is 0. The van der Waals surface area contributed by atoms with E-state index in [1.165, 1.54) is 32.7 Å². The minimum Gasteiger partial charge on any atom is -0.147 e. The molecule has 26 heavy (non-hydrogen) atoms. The molecule has 0 radical (unpaired) electrons. The van der Waals surface area contributed by atoms with Gasteiger partial charge in [0.15, 0.2) is 0 Å². The van der Waals surface area contributed by atoms with Gasteiger partial charge in [0.25, 0.3) is 0 Å². The Kier molecular flexibility index (Phi) is 3.72. The van der Waals surface area contributed by atoms with E-state index in [-0.39, 0.29) is 0 Å². The van der Waals surface area contributed by atoms with Gasteiger partial charge in [-0.25, -0.2) is 0 Å². The quantitative estimate of drug-likeness (QED) is 0.293. The molecule has 0 atom stereocenters. The van der Waals surface area contributed by atoms with Crippen molar-refractivity contribution in [1.82, 2.24) is 0 Å². The van der Waals surface area contributed by atoms with Crippen molar-refractivity contribution in [3.05, 3.63) is 116 Å². The highest BCUT2D eigenvalue weighted by Gasteiger charge is 2.47. The van der Waals surface area contributed by atoms with Crippen LogP contribution in [0, 0.1) is 0 Å². The van der Waals surface area contributed by atoms with Crippen molar-refractivity contribution >= 4 is 34.5 Å². The normalized spacial score (nSPS) is 14.1. The van der Waals surface area contributed by atoms with Crippen molar-refractivity contribution in [3.8, 4) is 11.1 Å². The summed E-state index contributed by atoms with van der Waals surface area (Å²) in [5.41, 5.74) is 5.71. The van der Waals surface area contributed by atoms with E-state index in [0.717, 1.165) is 10.0 Å². The van der Waals surface area contributed by atoms with E-state index in [2.05, 4.69) is 72.1 Å². The van der Waals surface area contributed by atoms with Gasteiger partial charge in [-0.3, -0.25) is 0 Å². The van der Waals surface area contributed by atoms with Crippen LogP contribution >= 0.6 is 34.5 Å². The molecular weight excluding hydrogens is 379 g/mol. The van der Waals surface area contributed by atoms with Crippen LogP contribution in [0.4, 0.5) is 0 Å². The van der Waals surface area contributed by atoms with Crippen LogP contribution in [0.2, 0.25) is 10.0 Å². The first-order valence-corrected chi connectivity index (χ1v) is 10.0. The van der Waals surface area contributed by atoms with Gasteiger partial charge in [-0.2, -0.15) is 0 Å². The first-order valence-electron chi connectivity index (χ1n) is 8.41. The maximum Gasteiger partial charge on any atom is 0.0807 e. The maximum atomic E-state index is 6.45. The van der Waals surface area contributed by atoms with Gasteiger partial charge in [0.05, 0.1) is 5.41 Å². The van der Waals surface area contributed by atoms with Crippen LogP contribution < -0.4 is 0 Å². The molecule has 0 N–H and O–H groups in total. The Hall–Kier alpha value is -2.06. The predicted molar refractivity (Wildman–Crippen MR) is 112 cm³/mol. The molecule has 3 heteroatoms. The third kappa shape index (κ3) is 2.15. The van der Waals surface area contributed by atoms with Crippen LogP contribution in [0.25, 0.3) is 11.1 Å². The van der Waals surface area contributed by atoms with Gasteiger partial charge >= 0.3 is 0 Å². The monoisotopic (exact) mass is 392 g/mol. The third-order valence-corrected chi connectivity index (χ3v) is 6.62. The first-order chi connectivity index (χ1) is 12.7. The lowest BCUT2D eigenvalue weighted by atomic mass is 9.71. The lowest BCUT2D eigenvalue weighted by Gasteiger charge is -2.32. The molecule has 0 unspecified atom stereocenters. The van der Waals surface area contributed by atoms with Gasteiger partial charge in [0, 0.05) is 14.9 Å². The molecule has 0 saturated heterocycles. The number of thiophene rings is 1. The fourth-order valence-electron chi connectivity index (χ4n) is 4.17. The fourth-order valence-corrected chi connectivity index (χ4v) is 5.49. The smallest absolute Gasteiger partial charge is 0.0807 e. The van der Waals surface area contributed by atoms with Gasteiger partial charge in [0.2, 0.25) is 0 Å². The number of hydrogen-bond donors (Lipinski definition) is 0.